The molecular weight excluding hydrogens is 432 g/mol. The molecule has 34 heavy (non-hydrogen) atoms. The molecule has 7 nitrogen and oxygen atoms in total. The van der Waals surface area contributed by atoms with Crippen molar-refractivity contribution in [3.8, 4) is 0 Å². The maximum Gasteiger partial charge on any atom is 0.411 e. The van der Waals surface area contributed by atoms with Crippen molar-refractivity contribution in [3.05, 3.63) is 71.8 Å². The van der Waals surface area contributed by atoms with Gasteiger partial charge in [-0.25, -0.2) is 4.79 Å². The first kappa shape index (κ1) is 26.9. The van der Waals surface area contributed by atoms with Crippen LogP contribution in [0.25, 0.3) is 0 Å². The van der Waals surface area contributed by atoms with Gasteiger partial charge in [-0.15, -0.1) is 0 Å². The largest absolute Gasteiger partial charge is 0.460 e. The van der Waals surface area contributed by atoms with E-state index in [1.54, 1.807) is 41.5 Å². The molecule has 0 aliphatic heterocycles. The molecule has 0 radical (unpaired) electrons. The molecule has 0 unspecified atom stereocenters. The van der Waals surface area contributed by atoms with E-state index in [2.05, 4.69) is 5.32 Å². The van der Waals surface area contributed by atoms with Gasteiger partial charge >= 0.3 is 12.1 Å². The van der Waals surface area contributed by atoms with Gasteiger partial charge in [-0.05, 0) is 52.7 Å². The van der Waals surface area contributed by atoms with Crippen LogP contribution in [-0.4, -0.2) is 40.1 Å². The molecule has 2 aromatic rings. The van der Waals surface area contributed by atoms with Crippen LogP contribution < -0.4 is 5.32 Å². The molecule has 0 fully saturated rings. The van der Waals surface area contributed by atoms with Gasteiger partial charge in [-0.1, -0.05) is 60.7 Å². The first-order valence-corrected chi connectivity index (χ1v) is 11.4. The zero-order valence-corrected chi connectivity index (χ0v) is 21.0. The number of hydrogen-bond acceptors (Lipinski definition) is 5. The Morgan fingerprint density at radius 1 is 0.794 bits per heavy atom. The van der Waals surface area contributed by atoms with Crippen LogP contribution in [0.1, 0.15) is 59.1 Å². The number of benzene rings is 2. The smallest absolute Gasteiger partial charge is 0.411 e. The molecule has 2 rings (SSSR count). The van der Waals surface area contributed by atoms with E-state index in [-0.39, 0.29) is 19.5 Å². The van der Waals surface area contributed by atoms with Crippen LogP contribution in [0.3, 0.4) is 0 Å². The van der Waals surface area contributed by atoms with Gasteiger partial charge in [0.15, 0.2) is 0 Å². The molecule has 0 saturated heterocycles. The summed E-state index contributed by atoms with van der Waals surface area (Å²) < 4.78 is 11.1. The molecule has 0 aliphatic rings. The monoisotopic (exact) mass is 468 g/mol. The number of nitrogens with one attached hydrogen (secondary N) is 1. The lowest BCUT2D eigenvalue weighted by molar-refractivity contribution is -0.157. The Morgan fingerprint density at radius 3 is 1.79 bits per heavy atom. The Hall–Kier alpha value is -3.35. The van der Waals surface area contributed by atoms with Gasteiger partial charge in [0, 0.05) is 13.1 Å². The lowest BCUT2D eigenvalue weighted by Gasteiger charge is -2.33. The number of rotatable bonds is 8. The first-order valence-electron chi connectivity index (χ1n) is 11.4. The van der Waals surface area contributed by atoms with Gasteiger partial charge in [0.1, 0.15) is 17.2 Å². The number of nitrogens with zero attached hydrogens (tertiary/aromatic N) is 1. The highest BCUT2D eigenvalue weighted by Crippen LogP contribution is 2.19. The Kier molecular flexibility index (Phi) is 9.24. The summed E-state index contributed by atoms with van der Waals surface area (Å²) in [4.78, 5) is 40.6. The van der Waals surface area contributed by atoms with Crippen molar-refractivity contribution in [1.29, 1.82) is 0 Å². The van der Waals surface area contributed by atoms with E-state index in [0.717, 1.165) is 11.1 Å². The molecule has 1 atom stereocenters. The number of carbonyl (C=O) groups is 3. The van der Waals surface area contributed by atoms with Crippen molar-refractivity contribution in [2.24, 2.45) is 0 Å². The van der Waals surface area contributed by atoms with Crippen molar-refractivity contribution in [2.75, 3.05) is 0 Å². The van der Waals surface area contributed by atoms with Crippen LogP contribution in [0.15, 0.2) is 60.7 Å². The molecule has 2 amide bonds. The Bertz CT molecular complexity index is 946. The topological polar surface area (TPSA) is 84.9 Å². The molecule has 2 aromatic carbocycles. The highest BCUT2D eigenvalue weighted by molar-refractivity contribution is 5.89. The van der Waals surface area contributed by atoms with Gasteiger partial charge < -0.3 is 14.8 Å². The Morgan fingerprint density at radius 2 is 1.29 bits per heavy atom. The number of ether oxygens (including phenoxy) is 2. The summed E-state index contributed by atoms with van der Waals surface area (Å²) in [5.74, 6) is -1.04. The second-order valence-corrected chi connectivity index (χ2v) is 10.1. The summed E-state index contributed by atoms with van der Waals surface area (Å²) >= 11 is 0. The van der Waals surface area contributed by atoms with Crippen LogP contribution in [0.4, 0.5) is 4.79 Å². The molecule has 0 aliphatic carbocycles. The van der Waals surface area contributed by atoms with Gasteiger partial charge in [-0.3, -0.25) is 14.5 Å². The summed E-state index contributed by atoms with van der Waals surface area (Å²) in [7, 11) is 0. The van der Waals surface area contributed by atoms with Crippen molar-refractivity contribution in [3.63, 3.8) is 0 Å². The van der Waals surface area contributed by atoms with Crippen LogP contribution in [0.2, 0.25) is 0 Å². The van der Waals surface area contributed by atoms with Crippen molar-refractivity contribution in [2.45, 2.75) is 78.3 Å². The van der Waals surface area contributed by atoms with E-state index in [0.29, 0.717) is 0 Å². The van der Waals surface area contributed by atoms with Gasteiger partial charge in [0.25, 0.3) is 0 Å². The van der Waals surface area contributed by atoms with E-state index >= 15 is 0 Å². The molecule has 0 heterocycles. The maximum atomic E-state index is 13.4. The quantitative estimate of drug-likeness (QED) is 0.561. The van der Waals surface area contributed by atoms with E-state index in [4.69, 9.17) is 9.47 Å². The third kappa shape index (κ3) is 9.65. The second kappa shape index (κ2) is 11.7. The minimum absolute atomic E-state index is 0.0992. The van der Waals surface area contributed by atoms with Crippen LogP contribution >= 0.6 is 0 Å². The molecule has 0 spiro atoms. The lowest BCUT2D eigenvalue weighted by Crippen LogP contribution is -2.51. The van der Waals surface area contributed by atoms with Crippen LogP contribution in [-0.2, 0) is 32.2 Å². The van der Waals surface area contributed by atoms with Gasteiger partial charge in [-0.2, -0.15) is 0 Å². The SMILES string of the molecule is CC(C)(C)OC(=O)C[C@@H](C(=O)NCc1ccccc1)N(Cc1ccccc1)C(=O)OC(C)(C)C. The molecule has 1 N–H and O–H groups in total. The third-order valence-electron chi connectivity index (χ3n) is 4.59. The molecule has 184 valence electrons. The van der Waals surface area contributed by atoms with Crippen molar-refractivity contribution in [1.82, 2.24) is 10.2 Å². The zero-order chi connectivity index (χ0) is 25.4. The zero-order valence-electron chi connectivity index (χ0n) is 21.0. The summed E-state index contributed by atoms with van der Waals surface area (Å²) in [6.07, 6.45) is -0.982. The fraction of sp³-hybridized carbons (Fsp3) is 0.444. The van der Waals surface area contributed by atoms with Crippen molar-refractivity contribution < 1.29 is 23.9 Å². The number of hydrogen-bond donors (Lipinski definition) is 1. The fourth-order valence-electron chi connectivity index (χ4n) is 3.19. The first-order chi connectivity index (χ1) is 15.8. The Labute approximate surface area is 202 Å². The number of carbonyl (C=O) groups excluding carboxylic acids is 3. The molecule has 7 heteroatoms. The fourth-order valence-corrected chi connectivity index (χ4v) is 3.19. The summed E-state index contributed by atoms with van der Waals surface area (Å²) in [6.45, 7) is 10.9. The van der Waals surface area contributed by atoms with E-state index < -0.39 is 35.2 Å². The van der Waals surface area contributed by atoms with E-state index in [9.17, 15) is 14.4 Å². The standard InChI is InChI=1S/C27H36N2O5/c1-26(2,3)33-23(30)17-22(24(31)28-18-20-13-9-7-10-14-20)29(25(32)34-27(4,5)6)19-21-15-11-8-12-16-21/h7-16,22H,17-19H2,1-6H3,(H,28,31)/t22-/m0/s1. The number of esters is 1. The predicted octanol–water partition coefficient (Wildman–Crippen LogP) is 4.84. The summed E-state index contributed by atoms with van der Waals surface area (Å²) in [5, 5.41) is 2.86. The average molecular weight is 469 g/mol. The number of amides is 2. The highest BCUT2D eigenvalue weighted by Gasteiger charge is 2.36. The maximum absolute atomic E-state index is 13.4. The lowest BCUT2D eigenvalue weighted by atomic mass is 10.1. The molecule has 0 aromatic heterocycles. The van der Waals surface area contributed by atoms with Crippen LogP contribution in [0, 0.1) is 0 Å². The summed E-state index contributed by atoms with van der Waals surface area (Å²) in [6, 6.07) is 17.6. The average Bonchev–Trinajstić information content (AvgIpc) is 2.73. The van der Waals surface area contributed by atoms with E-state index in [1.165, 1.54) is 4.90 Å². The van der Waals surface area contributed by atoms with Gasteiger partial charge in [0.2, 0.25) is 5.91 Å². The molecule has 0 saturated carbocycles. The second-order valence-electron chi connectivity index (χ2n) is 10.1. The summed E-state index contributed by atoms with van der Waals surface area (Å²) in [5.41, 5.74) is 0.207. The minimum Gasteiger partial charge on any atom is -0.460 e. The normalized spacial score (nSPS) is 12.4. The highest BCUT2D eigenvalue weighted by atomic mass is 16.6. The van der Waals surface area contributed by atoms with Crippen molar-refractivity contribution >= 4 is 18.0 Å². The van der Waals surface area contributed by atoms with Crippen LogP contribution in [0.5, 0.6) is 0 Å². The molecular formula is C27H36N2O5. The Balaban J connectivity index is 2.35. The van der Waals surface area contributed by atoms with Gasteiger partial charge in [0.05, 0.1) is 6.42 Å². The molecule has 0 bridgehead atoms. The minimum atomic E-state index is -1.12. The third-order valence-corrected chi connectivity index (χ3v) is 4.59. The predicted molar refractivity (Wildman–Crippen MR) is 131 cm³/mol. The van der Waals surface area contributed by atoms with E-state index in [1.807, 2.05) is 60.7 Å².